The predicted molar refractivity (Wildman–Crippen MR) is 81.5 cm³/mol. The molecule has 0 aliphatic carbocycles. The molecule has 132 valence electrons. The molecule has 2 atom stereocenters. The second-order valence-corrected chi connectivity index (χ2v) is 7.12. The van der Waals surface area contributed by atoms with Crippen molar-refractivity contribution in [3.8, 4) is 5.75 Å². The van der Waals surface area contributed by atoms with Gasteiger partial charge in [0.15, 0.2) is 6.61 Å². The van der Waals surface area contributed by atoms with Crippen LogP contribution in [0.5, 0.6) is 5.75 Å². The molecule has 10 heteroatoms. The van der Waals surface area contributed by atoms with Gasteiger partial charge in [0.1, 0.15) is 11.8 Å². The fourth-order valence-corrected chi connectivity index (χ4v) is 4.01. The summed E-state index contributed by atoms with van der Waals surface area (Å²) in [5, 5.41) is 9.76. The summed E-state index contributed by atoms with van der Waals surface area (Å²) in [4.78, 5) is 22.7. The lowest BCUT2D eigenvalue weighted by Crippen LogP contribution is -2.42. The van der Waals surface area contributed by atoms with Crippen molar-refractivity contribution in [3.05, 3.63) is 24.3 Å². The quantitative estimate of drug-likeness (QED) is 0.613. The zero-order valence-electron chi connectivity index (χ0n) is 12.9. The van der Waals surface area contributed by atoms with Crippen LogP contribution in [-0.4, -0.2) is 62.1 Å². The molecule has 1 aliphatic rings. The minimum Gasteiger partial charge on any atom is -0.497 e. The largest absolute Gasteiger partial charge is 0.497 e. The van der Waals surface area contributed by atoms with E-state index in [9.17, 15) is 23.1 Å². The molecule has 24 heavy (non-hydrogen) atoms. The number of hydrogen-bond acceptors (Lipinski definition) is 7. The van der Waals surface area contributed by atoms with Gasteiger partial charge in [-0.3, -0.25) is 9.59 Å². The highest BCUT2D eigenvalue weighted by molar-refractivity contribution is 7.89. The number of hydrogen-bond donors (Lipinski definition) is 2. The number of aliphatic hydroxyl groups is 1. The Morgan fingerprint density at radius 2 is 1.96 bits per heavy atom. The summed E-state index contributed by atoms with van der Waals surface area (Å²) in [6, 6.07) is 4.40. The van der Waals surface area contributed by atoms with Crippen LogP contribution in [0.2, 0.25) is 0 Å². The summed E-state index contributed by atoms with van der Waals surface area (Å²) in [6.45, 7) is -0.896. The van der Waals surface area contributed by atoms with Crippen LogP contribution in [0.15, 0.2) is 29.2 Å². The van der Waals surface area contributed by atoms with E-state index >= 15 is 0 Å². The fraction of sp³-hybridized carbons (Fsp3) is 0.429. The van der Waals surface area contributed by atoms with Gasteiger partial charge >= 0.3 is 5.97 Å². The van der Waals surface area contributed by atoms with E-state index in [0.29, 0.717) is 5.75 Å². The number of β-amino-alcohol motifs (C(OH)–C–C–N with tert-alkyl or cyclic N) is 1. The molecule has 1 saturated heterocycles. The molecule has 1 amide bonds. The van der Waals surface area contributed by atoms with Crippen molar-refractivity contribution in [2.75, 3.05) is 20.3 Å². The van der Waals surface area contributed by atoms with Crippen LogP contribution in [0.3, 0.4) is 0 Å². The predicted octanol–water partition coefficient (Wildman–Crippen LogP) is -1.15. The maximum Gasteiger partial charge on any atom is 0.325 e. The van der Waals surface area contributed by atoms with E-state index in [0.717, 1.165) is 4.31 Å². The Morgan fingerprint density at radius 3 is 2.50 bits per heavy atom. The van der Waals surface area contributed by atoms with Crippen molar-refractivity contribution in [1.29, 1.82) is 0 Å². The Kier molecular flexibility index (Phi) is 5.42. The van der Waals surface area contributed by atoms with Crippen LogP contribution in [0, 0.1) is 0 Å². The van der Waals surface area contributed by atoms with Crippen LogP contribution in [0.4, 0.5) is 0 Å². The monoisotopic (exact) mass is 358 g/mol. The first-order valence-corrected chi connectivity index (χ1v) is 8.48. The van der Waals surface area contributed by atoms with Crippen LogP contribution >= 0.6 is 0 Å². The zero-order chi connectivity index (χ0) is 17.9. The number of carbonyl (C=O) groups excluding carboxylic acids is 2. The standard InChI is InChI=1S/C14H18N2O7S/c1-22-10-2-4-11(5-3-10)24(20,21)16-7-9(17)6-12(16)14(19)23-8-13(15)18/h2-5,9,12,17H,6-8H2,1H3,(H2,15,18)/t9-,12+/m0/s1. The lowest BCUT2D eigenvalue weighted by molar-refractivity contribution is -0.151. The molecule has 0 unspecified atom stereocenters. The molecule has 0 bridgehead atoms. The van der Waals surface area contributed by atoms with E-state index in [1.807, 2.05) is 0 Å². The third-order valence-corrected chi connectivity index (χ3v) is 5.42. The number of rotatable bonds is 6. The van der Waals surface area contributed by atoms with Crippen molar-refractivity contribution in [1.82, 2.24) is 4.31 Å². The van der Waals surface area contributed by atoms with Crippen molar-refractivity contribution in [2.24, 2.45) is 5.73 Å². The molecule has 0 radical (unpaired) electrons. The van der Waals surface area contributed by atoms with E-state index in [-0.39, 0.29) is 17.9 Å². The number of ether oxygens (including phenoxy) is 2. The summed E-state index contributed by atoms with van der Waals surface area (Å²) in [7, 11) is -2.58. The number of methoxy groups -OCH3 is 1. The molecule has 0 aromatic heterocycles. The van der Waals surface area contributed by atoms with Gasteiger partial charge < -0.3 is 20.3 Å². The molecule has 9 nitrogen and oxygen atoms in total. The molecule has 1 aromatic carbocycles. The molecule has 0 saturated carbocycles. The normalized spacial score (nSPS) is 21.4. The summed E-state index contributed by atoms with van der Waals surface area (Å²) < 4.78 is 35.9. The topological polar surface area (TPSA) is 136 Å². The highest BCUT2D eigenvalue weighted by Crippen LogP contribution is 2.28. The first-order chi connectivity index (χ1) is 11.3. The average molecular weight is 358 g/mol. The van der Waals surface area contributed by atoms with Gasteiger partial charge in [0.05, 0.1) is 18.1 Å². The van der Waals surface area contributed by atoms with Gasteiger partial charge in [-0.2, -0.15) is 4.31 Å². The van der Waals surface area contributed by atoms with E-state index in [2.05, 4.69) is 4.74 Å². The fourth-order valence-electron chi connectivity index (χ4n) is 2.39. The number of sulfonamides is 1. The molecule has 1 heterocycles. The van der Waals surface area contributed by atoms with Crippen LogP contribution in [0.25, 0.3) is 0 Å². The Morgan fingerprint density at radius 1 is 1.33 bits per heavy atom. The third-order valence-electron chi connectivity index (χ3n) is 3.53. The molecule has 1 aromatic rings. The minimum absolute atomic E-state index is 0.0508. The number of primary amides is 1. The van der Waals surface area contributed by atoms with Gasteiger partial charge in [-0.15, -0.1) is 0 Å². The third kappa shape index (κ3) is 3.83. The van der Waals surface area contributed by atoms with Crippen molar-refractivity contribution >= 4 is 21.9 Å². The molecule has 2 rings (SSSR count). The zero-order valence-corrected chi connectivity index (χ0v) is 13.7. The first kappa shape index (κ1) is 18.2. The van der Waals surface area contributed by atoms with Crippen molar-refractivity contribution in [2.45, 2.75) is 23.5 Å². The summed E-state index contributed by atoms with van der Waals surface area (Å²) in [5.74, 6) is -1.30. The second kappa shape index (κ2) is 7.16. The van der Waals surface area contributed by atoms with Gasteiger partial charge in [-0.1, -0.05) is 0 Å². The van der Waals surface area contributed by atoms with E-state index in [1.165, 1.54) is 31.4 Å². The highest BCUT2D eigenvalue weighted by Gasteiger charge is 2.44. The maximum atomic E-state index is 12.7. The number of nitrogens with two attached hydrogens (primary N) is 1. The molecular formula is C14H18N2O7S. The number of amides is 1. The van der Waals surface area contributed by atoms with E-state index in [1.54, 1.807) is 0 Å². The summed E-state index contributed by atoms with van der Waals surface area (Å²) >= 11 is 0. The minimum atomic E-state index is -4.03. The molecule has 1 aliphatic heterocycles. The Hall–Kier alpha value is -2.17. The van der Waals surface area contributed by atoms with Crippen LogP contribution in [0.1, 0.15) is 6.42 Å². The highest BCUT2D eigenvalue weighted by atomic mass is 32.2. The smallest absolute Gasteiger partial charge is 0.325 e. The van der Waals surface area contributed by atoms with Crippen molar-refractivity contribution < 1.29 is 32.6 Å². The van der Waals surface area contributed by atoms with Gasteiger partial charge in [0, 0.05) is 13.0 Å². The Labute approximate surface area is 139 Å². The number of nitrogens with zero attached hydrogens (tertiary/aromatic N) is 1. The number of aliphatic hydroxyl groups excluding tert-OH is 1. The van der Waals surface area contributed by atoms with Crippen LogP contribution < -0.4 is 10.5 Å². The molecule has 1 fully saturated rings. The SMILES string of the molecule is COc1ccc(S(=O)(=O)N2C[C@@H](O)C[C@@H]2C(=O)OCC(N)=O)cc1. The van der Waals surface area contributed by atoms with Gasteiger partial charge in [0.25, 0.3) is 5.91 Å². The Bertz CT molecular complexity index is 717. The maximum absolute atomic E-state index is 12.7. The number of carbonyl (C=O) groups is 2. The number of esters is 1. The lowest BCUT2D eigenvalue weighted by atomic mass is 10.2. The van der Waals surface area contributed by atoms with Gasteiger partial charge in [-0.25, -0.2) is 8.42 Å². The average Bonchev–Trinajstić information content (AvgIpc) is 2.95. The first-order valence-electron chi connectivity index (χ1n) is 7.04. The van der Waals surface area contributed by atoms with E-state index in [4.69, 9.17) is 10.5 Å². The van der Waals surface area contributed by atoms with Crippen LogP contribution in [-0.2, 0) is 24.3 Å². The second-order valence-electron chi connectivity index (χ2n) is 5.23. The van der Waals surface area contributed by atoms with Gasteiger partial charge in [0.2, 0.25) is 10.0 Å². The lowest BCUT2D eigenvalue weighted by Gasteiger charge is -2.22. The molecule has 0 spiro atoms. The Balaban J connectivity index is 2.25. The van der Waals surface area contributed by atoms with Gasteiger partial charge in [-0.05, 0) is 24.3 Å². The van der Waals surface area contributed by atoms with Crippen molar-refractivity contribution in [3.63, 3.8) is 0 Å². The summed E-state index contributed by atoms with van der Waals surface area (Å²) in [5.41, 5.74) is 4.90. The number of benzene rings is 1. The molecule has 3 N–H and O–H groups in total. The van der Waals surface area contributed by atoms with E-state index < -0.39 is 40.7 Å². The molecular weight excluding hydrogens is 340 g/mol. The summed E-state index contributed by atoms with van der Waals surface area (Å²) in [6.07, 6.45) is -1.13.